The molecule has 1 aliphatic heterocycles. The number of ether oxygens (including phenoxy) is 1. The van der Waals surface area contributed by atoms with Crippen molar-refractivity contribution in [1.82, 2.24) is 14.4 Å². The number of hydrogen-bond acceptors (Lipinski definition) is 7. The van der Waals surface area contributed by atoms with Gasteiger partial charge in [-0.05, 0) is 61.4 Å². The zero-order chi connectivity index (χ0) is 26.7. The van der Waals surface area contributed by atoms with E-state index in [1.807, 2.05) is 36.6 Å². The third-order valence-electron chi connectivity index (χ3n) is 6.71. The maximum Gasteiger partial charge on any atom is 0.301 e. The van der Waals surface area contributed by atoms with Crippen molar-refractivity contribution in [2.45, 2.75) is 19.9 Å². The third kappa shape index (κ3) is 3.66. The summed E-state index contributed by atoms with van der Waals surface area (Å²) in [7, 11) is 1.54. The lowest BCUT2D eigenvalue weighted by atomic mass is 9.96. The molecule has 0 saturated carbocycles. The van der Waals surface area contributed by atoms with Crippen LogP contribution in [-0.4, -0.2) is 38.3 Å². The molecule has 8 nitrogen and oxygen atoms in total. The number of imidazole rings is 1. The highest BCUT2D eigenvalue weighted by atomic mass is 35.5. The van der Waals surface area contributed by atoms with Gasteiger partial charge in [0, 0.05) is 11.2 Å². The van der Waals surface area contributed by atoms with E-state index in [1.54, 1.807) is 42.5 Å². The Morgan fingerprint density at radius 3 is 2.66 bits per heavy atom. The van der Waals surface area contributed by atoms with Crippen LogP contribution in [0.25, 0.3) is 21.6 Å². The molecule has 1 aliphatic rings. The first kappa shape index (κ1) is 24.1. The van der Waals surface area contributed by atoms with Crippen LogP contribution in [0.1, 0.15) is 28.6 Å². The number of amides is 1. The van der Waals surface area contributed by atoms with Crippen LogP contribution in [-0.2, 0) is 9.59 Å². The molecule has 4 heterocycles. The van der Waals surface area contributed by atoms with E-state index >= 15 is 0 Å². The van der Waals surface area contributed by atoms with Crippen LogP contribution >= 0.6 is 22.9 Å². The summed E-state index contributed by atoms with van der Waals surface area (Å²) in [6, 6.07) is 15.1. The van der Waals surface area contributed by atoms with Crippen LogP contribution in [0.4, 0.5) is 5.13 Å². The first-order valence-corrected chi connectivity index (χ1v) is 12.9. The summed E-state index contributed by atoms with van der Waals surface area (Å²) < 4.78 is 8.03. The number of anilines is 1. The number of halogens is 1. The number of hydrogen-bond donors (Lipinski definition) is 1. The molecule has 6 rings (SSSR count). The van der Waals surface area contributed by atoms with Crippen molar-refractivity contribution >= 4 is 61.4 Å². The highest BCUT2D eigenvalue weighted by Crippen LogP contribution is 2.45. The fourth-order valence-electron chi connectivity index (χ4n) is 4.82. The molecule has 1 atom stereocenters. The number of benzene rings is 2. The summed E-state index contributed by atoms with van der Waals surface area (Å²) in [4.78, 5) is 37.7. The highest BCUT2D eigenvalue weighted by molar-refractivity contribution is 7.22. The molecule has 1 N–H and O–H groups in total. The largest absolute Gasteiger partial charge is 0.505 e. The number of ketones is 1. The molecule has 190 valence electrons. The van der Waals surface area contributed by atoms with Gasteiger partial charge >= 0.3 is 5.91 Å². The van der Waals surface area contributed by atoms with Crippen molar-refractivity contribution in [3.63, 3.8) is 0 Å². The molecule has 1 fully saturated rings. The van der Waals surface area contributed by atoms with Crippen LogP contribution in [0, 0.1) is 13.8 Å². The van der Waals surface area contributed by atoms with Crippen LogP contribution in [0.5, 0.6) is 5.75 Å². The maximum absolute atomic E-state index is 13.6. The molecule has 1 unspecified atom stereocenters. The molecule has 5 aromatic rings. The Morgan fingerprint density at radius 1 is 1.08 bits per heavy atom. The van der Waals surface area contributed by atoms with Crippen molar-refractivity contribution < 1.29 is 19.4 Å². The maximum atomic E-state index is 13.6. The van der Waals surface area contributed by atoms with Gasteiger partial charge in [0.15, 0.2) is 10.9 Å². The summed E-state index contributed by atoms with van der Waals surface area (Å²) in [5.41, 5.74) is 3.61. The average Bonchev–Trinajstić information content (AvgIpc) is 3.56. The third-order valence-corrected chi connectivity index (χ3v) is 7.96. The molecule has 1 saturated heterocycles. The predicted octanol–water partition coefficient (Wildman–Crippen LogP) is 5.85. The molecule has 0 bridgehead atoms. The van der Waals surface area contributed by atoms with Crippen LogP contribution in [0.15, 0.2) is 66.4 Å². The number of aryl methyl sites for hydroxylation is 2. The smallest absolute Gasteiger partial charge is 0.301 e. The molecule has 0 aliphatic carbocycles. The van der Waals surface area contributed by atoms with Gasteiger partial charge in [-0.3, -0.25) is 14.5 Å². The van der Waals surface area contributed by atoms with E-state index in [-0.39, 0.29) is 17.0 Å². The van der Waals surface area contributed by atoms with E-state index in [0.717, 1.165) is 10.3 Å². The number of aliphatic hydroxyl groups is 1. The molecule has 1 amide bonds. The normalized spacial score (nSPS) is 17.2. The van der Waals surface area contributed by atoms with Crippen molar-refractivity contribution in [2.75, 3.05) is 12.0 Å². The minimum absolute atomic E-state index is 0.0651. The second kappa shape index (κ2) is 8.97. The number of methoxy groups -OCH3 is 1. The lowest BCUT2D eigenvalue weighted by Gasteiger charge is -2.23. The second-order valence-electron chi connectivity index (χ2n) is 8.98. The van der Waals surface area contributed by atoms with Crippen LogP contribution in [0.3, 0.4) is 0 Å². The van der Waals surface area contributed by atoms with Crippen molar-refractivity contribution in [2.24, 2.45) is 0 Å². The topological polar surface area (TPSA) is 97.0 Å². The molecule has 0 radical (unpaired) electrons. The van der Waals surface area contributed by atoms with Gasteiger partial charge < -0.3 is 14.2 Å². The van der Waals surface area contributed by atoms with E-state index in [2.05, 4.69) is 9.97 Å². The monoisotopic (exact) mass is 544 g/mol. The van der Waals surface area contributed by atoms with Crippen LogP contribution in [0.2, 0.25) is 5.02 Å². The van der Waals surface area contributed by atoms with E-state index in [9.17, 15) is 14.7 Å². The number of aromatic nitrogens is 3. The molecule has 2 aromatic carbocycles. The standard InChI is InChI=1S/C28H21ClN4O4S/c1-14-6-5-11-32-15(2)22(31-26(14)32)24(34)21-23(16-7-4-8-18(12-16)37-3)33(27(36)25(21)35)28-30-19-10-9-17(29)13-20(19)38-28/h4-13,23,34H,1-3H3/b24-21+. The van der Waals surface area contributed by atoms with Crippen molar-refractivity contribution in [3.05, 3.63) is 93.9 Å². The Morgan fingerprint density at radius 2 is 1.89 bits per heavy atom. The lowest BCUT2D eigenvalue weighted by Crippen LogP contribution is -2.29. The first-order valence-electron chi connectivity index (χ1n) is 11.7. The van der Waals surface area contributed by atoms with Gasteiger partial charge in [-0.25, -0.2) is 9.97 Å². The number of carbonyl (C=O) groups is 2. The van der Waals surface area contributed by atoms with E-state index < -0.39 is 17.7 Å². The average molecular weight is 545 g/mol. The molecule has 10 heteroatoms. The summed E-state index contributed by atoms with van der Waals surface area (Å²) in [6.45, 7) is 3.72. The molecule has 3 aromatic heterocycles. The number of thiazole rings is 1. The summed E-state index contributed by atoms with van der Waals surface area (Å²) in [5.74, 6) is -1.41. The number of nitrogens with zero attached hydrogens (tertiary/aromatic N) is 4. The van der Waals surface area contributed by atoms with Gasteiger partial charge in [0.05, 0.1) is 34.6 Å². The Bertz CT molecular complexity index is 1820. The van der Waals surface area contributed by atoms with Gasteiger partial charge in [0.2, 0.25) is 0 Å². The van der Waals surface area contributed by atoms with Gasteiger partial charge in [-0.1, -0.05) is 41.1 Å². The predicted molar refractivity (Wildman–Crippen MR) is 147 cm³/mol. The van der Waals surface area contributed by atoms with Crippen molar-refractivity contribution in [1.29, 1.82) is 0 Å². The van der Waals surface area contributed by atoms with Gasteiger partial charge in [-0.15, -0.1) is 0 Å². The molecular formula is C28H21ClN4O4S. The zero-order valence-corrected chi connectivity index (χ0v) is 22.2. The van der Waals surface area contributed by atoms with Gasteiger partial charge in [0.1, 0.15) is 17.1 Å². The van der Waals surface area contributed by atoms with E-state index in [0.29, 0.717) is 38.3 Å². The summed E-state index contributed by atoms with van der Waals surface area (Å²) in [5, 5.41) is 12.5. The Labute approximate surface area is 226 Å². The Hall–Kier alpha value is -4.21. The highest BCUT2D eigenvalue weighted by Gasteiger charge is 2.48. The summed E-state index contributed by atoms with van der Waals surface area (Å²) in [6.07, 6.45) is 1.84. The quantitative estimate of drug-likeness (QED) is 0.173. The van der Waals surface area contributed by atoms with Crippen LogP contribution < -0.4 is 9.64 Å². The fourth-order valence-corrected chi connectivity index (χ4v) is 6.09. The van der Waals surface area contributed by atoms with E-state index in [1.165, 1.54) is 23.3 Å². The van der Waals surface area contributed by atoms with Crippen molar-refractivity contribution in [3.8, 4) is 5.75 Å². The SMILES string of the molecule is COc1cccc(C2/C(=C(\O)c3nc4c(C)cccn4c3C)C(=O)C(=O)N2c2nc3ccc(Cl)cc3s2)c1. The molecule has 0 spiro atoms. The first-order chi connectivity index (χ1) is 18.3. The minimum atomic E-state index is -0.952. The minimum Gasteiger partial charge on any atom is -0.505 e. The lowest BCUT2D eigenvalue weighted by molar-refractivity contribution is -0.132. The zero-order valence-electron chi connectivity index (χ0n) is 20.6. The number of carbonyl (C=O) groups excluding carboxylic acids is 2. The number of rotatable bonds is 4. The Balaban J connectivity index is 1.61. The number of Topliss-reactive ketones (excluding diaryl/α,β-unsaturated/α-hetero) is 1. The van der Waals surface area contributed by atoms with Gasteiger partial charge in [-0.2, -0.15) is 0 Å². The van der Waals surface area contributed by atoms with E-state index in [4.69, 9.17) is 16.3 Å². The number of pyridine rings is 1. The van der Waals surface area contributed by atoms with Gasteiger partial charge in [0.25, 0.3) is 5.78 Å². The Kier molecular flexibility index (Phi) is 5.70. The molecule has 38 heavy (non-hydrogen) atoms. The number of aliphatic hydroxyl groups excluding tert-OH is 1. The fraction of sp³-hybridized carbons (Fsp3) is 0.143. The molecular weight excluding hydrogens is 524 g/mol. The number of fused-ring (bicyclic) bond motifs is 2. The second-order valence-corrected chi connectivity index (χ2v) is 10.4. The summed E-state index contributed by atoms with van der Waals surface area (Å²) >= 11 is 7.41.